The fraction of sp³-hybridized carbons (Fsp3) is 0.412. The first kappa shape index (κ1) is 15.4. The van der Waals surface area contributed by atoms with Gasteiger partial charge in [0.1, 0.15) is 17.8 Å². The second kappa shape index (κ2) is 5.95. The molecule has 1 fully saturated rings. The van der Waals surface area contributed by atoms with Gasteiger partial charge in [0.2, 0.25) is 5.76 Å². The Balaban J connectivity index is 2.01. The molecule has 1 aromatic carbocycles. The summed E-state index contributed by atoms with van der Waals surface area (Å²) in [6, 6.07) is 7.31. The van der Waals surface area contributed by atoms with Crippen LogP contribution < -0.4 is 4.74 Å². The summed E-state index contributed by atoms with van der Waals surface area (Å²) in [5.74, 6) is -0.697. The van der Waals surface area contributed by atoms with Crippen molar-refractivity contribution < 1.29 is 28.5 Å². The van der Waals surface area contributed by atoms with Crippen molar-refractivity contribution in [1.29, 1.82) is 0 Å². The Bertz CT molecular complexity index is 677. The largest absolute Gasteiger partial charge is 0.496 e. The van der Waals surface area contributed by atoms with Crippen LogP contribution in [0.3, 0.4) is 0 Å². The van der Waals surface area contributed by atoms with E-state index in [0.717, 1.165) is 5.56 Å². The van der Waals surface area contributed by atoms with E-state index < -0.39 is 5.97 Å². The first-order chi connectivity index (χ1) is 11.1. The number of rotatable bonds is 5. The van der Waals surface area contributed by atoms with Gasteiger partial charge in [-0.15, -0.1) is 0 Å². The molecule has 1 aromatic rings. The first-order valence-electron chi connectivity index (χ1n) is 7.43. The van der Waals surface area contributed by atoms with Crippen LogP contribution in [0.15, 0.2) is 30.0 Å². The zero-order valence-corrected chi connectivity index (χ0v) is 13.2. The van der Waals surface area contributed by atoms with Gasteiger partial charge in [0.15, 0.2) is 0 Å². The maximum absolute atomic E-state index is 12.0. The standard InChI is InChI=1S/C17H18O6/c1-4-22-16(18)13-12-11(9-7-5-6-8-10(9)20-2)15(17(19)21-3)23-14(12)13/h5-8,12-14H,4H2,1-3H3/t12-,13-,14-/m0/s1. The smallest absolute Gasteiger partial charge is 0.373 e. The van der Waals surface area contributed by atoms with E-state index in [1.54, 1.807) is 20.1 Å². The van der Waals surface area contributed by atoms with Gasteiger partial charge in [-0.25, -0.2) is 4.79 Å². The number of hydrogen-bond acceptors (Lipinski definition) is 6. The number of para-hydroxylation sites is 1. The third-order valence-electron chi connectivity index (χ3n) is 4.11. The van der Waals surface area contributed by atoms with Crippen LogP contribution >= 0.6 is 0 Å². The lowest BCUT2D eigenvalue weighted by molar-refractivity contribution is -0.147. The highest BCUT2D eigenvalue weighted by Gasteiger charge is 2.66. The Morgan fingerprint density at radius 3 is 2.61 bits per heavy atom. The summed E-state index contributed by atoms with van der Waals surface area (Å²) in [5, 5.41) is 0. The highest BCUT2D eigenvalue weighted by Crippen LogP contribution is 2.59. The lowest BCUT2D eigenvalue weighted by Crippen LogP contribution is -2.16. The summed E-state index contributed by atoms with van der Waals surface area (Å²) in [4.78, 5) is 24.0. The van der Waals surface area contributed by atoms with E-state index in [9.17, 15) is 9.59 Å². The van der Waals surface area contributed by atoms with Gasteiger partial charge >= 0.3 is 11.9 Å². The Kier molecular flexibility index (Phi) is 3.98. The fourth-order valence-electron chi connectivity index (χ4n) is 3.06. The summed E-state index contributed by atoms with van der Waals surface area (Å²) in [6.45, 7) is 2.07. The molecule has 0 saturated heterocycles. The molecule has 0 spiro atoms. The number of esters is 2. The van der Waals surface area contributed by atoms with Gasteiger partial charge in [-0.3, -0.25) is 4.79 Å². The van der Waals surface area contributed by atoms with E-state index in [0.29, 0.717) is 17.9 Å². The molecule has 0 amide bonds. The van der Waals surface area contributed by atoms with Crippen LogP contribution in [-0.2, 0) is 23.8 Å². The minimum absolute atomic E-state index is 0.146. The second-order valence-electron chi connectivity index (χ2n) is 5.32. The van der Waals surface area contributed by atoms with Crippen LogP contribution in [0.5, 0.6) is 5.75 Å². The van der Waals surface area contributed by atoms with E-state index in [1.807, 2.05) is 18.2 Å². The molecule has 122 valence electrons. The zero-order chi connectivity index (χ0) is 16.6. The molecule has 0 bridgehead atoms. The van der Waals surface area contributed by atoms with Crippen molar-refractivity contribution in [2.75, 3.05) is 20.8 Å². The first-order valence-corrected chi connectivity index (χ1v) is 7.43. The quantitative estimate of drug-likeness (QED) is 0.771. The van der Waals surface area contributed by atoms with Crippen LogP contribution in [0.25, 0.3) is 5.57 Å². The molecule has 1 heterocycles. The average molecular weight is 318 g/mol. The normalized spacial score (nSPS) is 24.6. The SMILES string of the molecule is CCOC(=O)[C@@H]1[C@H]2OC(C(=O)OC)=C(c3ccccc3OC)[C@H]21. The summed E-state index contributed by atoms with van der Waals surface area (Å²) in [7, 11) is 2.85. The number of benzene rings is 1. The lowest BCUT2D eigenvalue weighted by atomic mass is 9.98. The number of carbonyl (C=O) groups is 2. The molecule has 3 atom stereocenters. The summed E-state index contributed by atoms with van der Waals surface area (Å²) in [6.07, 6.45) is -0.372. The van der Waals surface area contributed by atoms with E-state index in [4.69, 9.17) is 18.9 Å². The zero-order valence-electron chi connectivity index (χ0n) is 13.2. The number of carbonyl (C=O) groups excluding carboxylic acids is 2. The van der Waals surface area contributed by atoms with Gasteiger partial charge in [0.25, 0.3) is 0 Å². The molecular formula is C17H18O6. The lowest BCUT2D eigenvalue weighted by Gasteiger charge is -2.14. The Morgan fingerprint density at radius 1 is 1.22 bits per heavy atom. The molecule has 23 heavy (non-hydrogen) atoms. The van der Waals surface area contributed by atoms with Crippen LogP contribution in [-0.4, -0.2) is 38.9 Å². The molecule has 2 aliphatic rings. The van der Waals surface area contributed by atoms with E-state index in [-0.39, 0.29) is 29.7 Å². The van der Waals surface area contributed by atoms with Crippen molar-refractivity contribution in [3.63, 3.8) is 0 Å². The van der Waals surface area contributed by atoms with Crippen molar-refractivity contribution in [2.24, 2.45) is 11.8 Å². The highest BCUT2D eigenvalue weighted by molar-refractivity contribution is 6.01. The average Bonchev–Trinajstić information content (AvgIpc) is 3.15. The van der Waals surface area contributed by atoms with Gasteiger partial charge in [-0.05, 0) is 13.0 Å². The second-order valence-corrected chi connectivity index (χ2v) is 5.32. The molecular weight excluding hydrogens is 300 g/mol. The molecule has 3 rings (SSSR count). The summed E-state index contributed by atoms with van der Waals surface area (Å²) >= 11 is 0. The molecule has 0 unspecified atom stereocenters. The third kappa shape index (κ3) is 2.44. The monoisotopic (exact) mass is 318 g/mol. The molecule has 6 heteroatoms. The van der Waals surface area contributed by atoms with Gasteiger partial charge < -0.3 is 18.9 Å². The van der Waals surface area contributed by atoms with Crippen molar-refractivity contribution in [3.8, 4) is 5.75 Å². The Morgan fingerprint density at radius 2 is 1.96 bits per heavy atom. The number of ether oxygens (including phenoxy) is 4. The summed E-state index contributed by atoms with van der Waals surface area (Å²) in [5.41, 5.74) is 1.38. The maximum Gasteiger partial charge on any atom is 0.373 e. The van der Waals surface area contributed by atoms with Gasteiger partial charge in [0, 0.05) is 17.1 Å². The van der Waals surface area contributed by atoms with Crippen LogP contribution in [0.2, 0.25) is 0 Å². The maximum atomic E-state index is 12.0. The topological polar surface area (TPSA) is 71.1 Å². The van der Waals surface area contributed by atoms with Crippen molar-refractivity contribution in [1.82, 2.24) is 0 Å². The fourth-order valence-corrected chi connectivity index (χ4v) is 3.06. The van der Waals surface area contributed by atoms with Crippen LogP contribution in [0, 0.1) is 11.8 Å². The van der Waals surface area contributed by atoms with Crippen molar-refractivity contribution >= 4 is 17.5 Å². The highest BCUT2D eigenvalue weighted by atomic mass is 16.6. The van der Waals surface area contributed by atoms with Gasteiger partial charge in [0.05, 0.1) is 20.8 Å². The third-order valence-corrected chi connectivity index (χ3v) is 4.11. The number of fused-ring (bicyclic) bond motifs is 1. The van der Waals surface area contributed by atoms with E-state index in [2.05, 4.69) is 0 Å². The Hall–Kier alpha value is -2.50. The predicted octanol–water partition coefficient (Wildman–Crippen LogP) is 1.79. The minimum atomic E-state index is -0.555. The molecule has 1 aliphatic carbocycles. The molecule has 0 N–H and O–H groups in total. The minimum Gasteiger partial charge on any atom is -0.496 e. The van der Waals surface area contributed by atoms with E-state index >= 15 is 0 Å². The molecule has 0 radical (unpaired) electrons. The van der Waals surface area contributed by atoms with Gasteiger partial charge in [-0.1, -0.05) is 18.2 Å². The van der Waals surface area contributed by atoms with E-state index in [1.165, 1.54) is 7.11 Å². The number of methoxy groups -OCH3 is 2. The van der Waals surface area contributed by atoms with Crippen molar-refractivity contribution in [2.45, 2.75) is 13.0 Å². The summed E-state index contributed by atoms with van der Waals surface area (Å²) < 4.78 is 20.9. The molecule has 6 nitrogen and oxygen atoms in total. The van der Waals surface area contributed by atoms with Crippen LogP contribution in [0.1, 0.15) is 12.5 Å². The van der Waals surface area contributed by atoms with Crippen molar-refractivity contribution in [3.05, 3.63) is 35.6 Å². The number of hydrogen-bond donors (Lipinski definition) is 0. The Labute approximate surface area is 134 Å². The molecule has 1 aliphatic heterocycles. The van der Waals surface area contributed by atoms with Gasteiger partial charge in [-0.2, -0.15) is 0 Å². The van der Waals surface area contributed by atoms with Crippen LogP contribution in [0.4, 0.5) is 0 Å². The molecule has 0 aromatic heterocycles. The predicted molar refractivity (Wildman–Crippen MR) is 80.4 cm³/mol. The molecule has 1 saturated carbocycles.